The number of halogens is 1. The Morgan fingerprint density at radius 3 is 2.56 bits per heavy atom. The van der Waals surface area contributed by atoms with Crippen LogP contribution in [0.5, 0.6) is 0 Å². The summed E-state index contributed by atoms with van der Waals surface area (Å²) in [7, 11) is 0. The number of aliphatic carboxylic acids is 1. The minimum Gasteiger partial charge on any atom is -0.481 e. The van der Waals surface area contributed by atoms with Crippen molar-refractivity contribution in [3.63, 3.8) is 0 Å². The third-order valence-electron chi connectivity index (χ3n) is 3.32. The third kappa shape index (κ3) is 2.50. The Morgan fingerprint density at radius 2 is 2.00 bits per heavy atom. The second-order valence-electron chi connectivity index (χ2n) is 4.61. The van der Waals surface area contributed by atoms with Gasteiger partial charge in [0.2, 0.25) is 0 Å². The van der Waals surface area contributed by atoms with Crippen LogP contribution in [0.3, 0.4) is 0 Å². The zero-order chi connectivity index (χ0) is 13.3. The summed E-state index contributed by atoms with van der Waals surface area (Å²) < 4.78 is 0.895. The molecule has 96 valence electrons. The molecule has 1 fully saturated rings. The molecule has 1 N–H and O–H groups in total. The Kier molecular flexibility index (Phi) is 3.89. The number of likely N-dealkylation sites (tertiary alicyclic amines) is 1. The summed E-state index contributed by atoms with van der Waals surface area (Å²) in [6.07, 6.45) is 0. The summed E-state index contributed by atoms with van der Waals surface area (Å²) in [5.41, 5.74) is 0.649. The van der Waals surface area contributed by atoms with Crippen LogP contribution in [0.4, 0.5) is 0 Å². The lowest BCUT2D eigenvalue weighted by atomic mass is 9.99. The van der Waals surface area contributed by atoms with E-state index in [2.05, 4.69) is 22.6 Å². The van der Waals surface area contributed by atoms with E-state index in [0.29, 0.717) is 18.7 Å². The normalized spacial score (nSPS) is 23.1. The van der Waals surface area contributed by atoms with E-state index in [-0.39, 0.29) is 11.8 Å². The van der Waals surface area contributed by atoms with E-state index >= 15 is 0 Å². The van der Waals surface area contributed by atoms with E-state index in [1.165, 1.54) is 0 Å². The number of benzene rings is 1. The molecule has 2 atom stereocenters. The molecule has 1 aliphatic rings. The van der Waals surface area contributed by atoms with Gasteiger partial charge in [-0.15, -0.1) is 0 Å². The Balaban J connectivity index is 2.17. The van der Waals surface area contributed by atoms with Crippen molar-refractivity contribution < 1.29 is 14.7 Å². The summed E-state index contributed by atoms with van der Waals surface area (Å²) in [5.74, 6) is -1.33. The average Bonchev–Trinajstić information content (AvgIpc) is 2.71. The van der Waals surface area contributed by atoms with Gasteiger partial charge >= 0.3 is 5.97 Å². The number of hydrogen-bond donors (Lipinski definition) is 1. The molecule has 2 rings (SSSR count). The van der Waals surface area contributed by atoms with Gasteiger partial charge in [0.05, 0.1) is 11.5 Å². The van der Waals surface area contributed by atoms with Crippen LogP contribution in [0, 0.1) is 15.4 Å². The van der Waals surface area contributed by atoms with Crippen LogP contribution in [0.25, 0.3) is 0 Å². The Hall–Kier alpha value is -1.11. The van der Waals surface area contributed by atoms with E-state index in [1.807, 2.05) is 25.1 Å². The fourth-order valence-electron chi connectivity index (χ4n) is 2.26. The molecule has 0 saturated carbocycles. The molecule has 0 radical (unpaired) electrons. The zero-order valence-corrected chi connectivity index (χ0v) is 12.1. The SMILES string of the molecule is C[C@@H]1CN(C(=O)c2ccccc2I)C[C@H]1C(=O)O. The molecule has 0 bridgehead atoms. The number of amides is 1. The number of carboxylic acid groups (broad SMARTS) is 1. The molecule has 1 saturated heterocycles. The molecule has 1 aromatic carbocycles. The fraction of sp³-hybridized carbons (Fsp3) is 0.385. The van der Waals surface area contributed by atoms with Crippen molar-refractivity contribution in [3.8, 4) is 0 Å². The van der Waals surface area contributed by atoms with Crippen molar-refractivity contribution in [2.24, 2.45) is 11.8 Å². The smallest absolute Gasteiger partial charge is 0.308 e. The molecule has 0 aromatic heterocycles. The molecule has 4 nitrogen and oxygen atoms in total. The van der Waals surface area contributed by atoms with Gasteiger partial charge in [0.1, 0.15) is 0 Å². The maximum Gasteiger partial charge on any atom is 0.308 e. The zero-order valence-electron chi connectivity index (χ0n) is 9.97. The van der Waals surface area contributed by atoms with E-state index in [0.717, 1.165) is 3.57 Å². The van der Waals surface area contributed by atoms with Crippen molar-refractivity contribution >= 4 is 34.5 Å². The topological polar surface area (TPSA) is 57.6 Å². The summed E-state index contributed by atoms with van der Waals surface area (Å²) in [4.78, 5) is 25.0. The number of carboxylic acids is 1. The van der Waals surface area contributed by atoms with E-state index < -0.39 is 11.9 Å². The highest BCUT2D eigenvalue weighted by molar-refractivity contribution is 14.1. The Bertz CT molecular complexity index is 489. The largest absolute Gasteiger partial charge is 0.481 e. The molecule has 0 aliphatic carbocycles. The lowest BCUT2D eigenvalue weighted by molar-refractivity contribution is -0.142. The molecule has 0 spiro atoms. The van der Waals surface area contributed by atoms with Crippen LogP contribution in [0.1, 0.15) is 17.3 Å². The first-order chi connectivity index (χ1) is 8.50. The molecule has 5 heteroatoms. The first-order valence-corrected chi connectivity index (χ1v) is 6.85. The van der Waals surface area contributed by atoms with Crippen LogP contribution in [-0.2, 0) is 4.79 Å². The Labute approximate surface area is 119 Å². The first kappa shape index (κ1) is 13.3. The second-order valence-corrected chi connectivity index (χ2v) is 5.77. The first-order valence-electron chi connectivity index (χ1n) is 5.77. The molecule has 1 aromatic rings. The minimum atomic E-state index is -0.819. The van der Waals surface area contributed by atoms with Gasteiger partial charge in [0.15, 0.2) is 0 Å². The van der Waals surface area contributed by atoms with Gasteiger partial charge in [-0.25, -0.2) is 0 Å². The second kappa shape index (κ2) is 5.26. The maximum absolute atomic E-state index is 12.3. The molecular formula is C13H14INO3. The standard InChI is InChI=1S/C13H14INO3/c1-8-6-15(7-10(8)13(17)18)12(16)9-4-2-3-5-11(9)14/h2-5,8,10H,6-7H2,1H3,(H,17,18)/t8-,10-/m1/s1. The van der Waals surface area contributed by atoms with Crippen molar-refractivity contribution in [1.82, 2.24) is 4.90 Å². The Morgan fingerprint density at radius 1 is 1.33 bits per heavy atom. The molecule has 1 amide bonds. The summed E-state index contributed by atoms with van der Waals surface area (Å²) >= 11 is 2.12. The summed E-state index contributed by atoms with van der Waals surface area (Å²) in [6, 6.07) is 7.36. The monoisotopic (exact) mass is 359 g/mol. The van der Waals surface area contributed by atoms with Gasteiger partial charge in [-0.2, -0.15) is 0 Å². The minimum absolute atomic E-state index is 0.00724. The van der Waals surface area contributed by atoms with Crippen molar-refractivity contribution in [2.45, 2.75) is 6.92 Å². The van der Waals surface area contributed by atoms with Gasteiger partial charge in [0.25, 0.3) is 5.91 Å². The highest BCUT2D eigenvalue weighted by Crippen LogP contribution is 2.25. The maximum atomic E-state index is 12.3. The lowest BCUT2D eigenvalue weighted by Crippen LogP contribution is -2.30. The molecule has 18 heavy (non-hydrogen) atoms. The lowest BCUT2D eigenvalue weighted by Gasteiger charge is -2.16. The number of nitrogens with zero attached hydrogens (tertiary/aromatic N) is 1. The van der Waals surface area contributed by atoms with Crippen molar-refractivity contribution in [3.05, 3.63) is 33.4 Å². The van der Waals surface area contributed by atoms with Crippen molar-refractivity contribution in [2.75, 3.05) is 13.1 Å². The molecule has 1 aliphatic heterocycles. The quantitative estimate of drug-likeness (QED) is 0.823. The van der Waals surface area contributed by atoms with Gasteiger partial charge in [0, 0.05) is 16.7 Å². The highest BCUT2D eigenvalue weighted by Gasteiger charge is 2.37. The predicted octanol–water partition coefficient (Wildman–Crippen LogP) is 2.08. The highest BCUT2D eigenvalue weighted by atomic mass is 127. The van der Waals surface area contributed by atoms with Gasteiger partial charge in [-0.1, -0.05) is 19.1 Å². The molecule has 0 unspecified atom stereocenters. The van der Waals surface area contributed by atoms with Crippen LogP contribution in [-0.4, -0.2) is 35.0 Å². The van der Waals surface area contributed by atoms with E-state index in [4.69, 9.17) is 5.11 Å². The number of carbonyl (C=O) groups is 2. The summed E-state index contributed by atoms with van der Waals surface area (Å²) in [5, 5.41) is 9.07. The predicted molar refractivity (Wildman–Crippen MR) is 75.4 cm³/mol. The summed E-state index contributed by atoms with van der Waals surface area (Å²) in [6.45, 7) is 2.70. The van der Waals surface area contributed by atoms with Crippen LogP contribution >= 0.6 is 22.6 Å². The average molecular weight is 359 g/mol. The third-order valence-corrected chi connectivity index (χ3v) is 4.26. The van der Waals surface area contributed by atoms with E-state index in [1.54, 1.807) is 11.0 Å². The van der Waals surface area contributed by atoms with Crippen molar-refractivity contribution in [1.29, 1.82) is 0 Å². The molecular weight excluding hydrogens is 345 g/mol. The van der Waals surface area contributed by atoms with Crippen LogP contribution in [0.2, 0.25) is 0 Å². The van der Waals surface area contributed by atoms with Crippen LogP contribution in [0.15, 0.2) is 24.3 Å². The van der Waals surface area contributed by atoms with Gasteiger partial charge < -0.3 is 10.0 Å². The number of carbonyl (C=O) groups excluding carboxylic acids is 1. The fourth-order valence-corrected chi connectivity index (χ4v) is 2.88. The van der Waals surface area contributed by atoms with Crippen LogP contribution < -0.4 is 0 Å². The van der Waals surface area contributed by atoms with E-state index in [9.17, 15) is 9.59 Å². The molecule has 1 heterocycles. The van der Waals surface area contributed by atoms with Gasteiger partial charge in [-0.05, 0) is 40.6 Å². The number of rotatable bonds is 2. The number of hydrogen-bond acceptors (Lipinski definition) is 2. The van der Waals surface area contributed by atoms with Gasteiger partial charge in [-0.3, -0.25) is 9.59 Å².